The number of fused-ring (bicyclic) bond motifs is 1. The summed E-state index contributed by atoms with van der Waals surface area (Å²) >= 11 is 13.4. The number of aromatic nitrogens is 3. The first-order chi connectivity index (χ1) is 17.9. The van der Waals surface area contributed by atoms with Crippen molar-refractivity contribution in [3.63, 3.8) is 0 Å². The Kier molecular flexibility index (Phi) is 7.37. The largest absolute Gasteiger partial charge is 0.495 e. The highest BCUT2D eigenvalue weighted by Gasteiger charge is 2.31. The lowest BCUT2D eigenvalue weighted by Gasteiger charge is -2.33. The van der Waals surface area contributed by atoms with E-state index < -0.39 is 0 Å². The first-order valence-electron chi connectivity index (χ1n) is 12.0. The van der Waals surface area contributed by atoms with Crippen LogP contribution < -0.4 is 19.7 Å². The van der Waals surface area contributed by atoms with Crippen LogP contribution in [0.25, 0.3) is 22.2 Å². The molecule has 2 aliphatic rings. The summed E-state index contributed by atoms with van der Waals surface area (Å²) in [5.74, 6) is 2.06. The highest BCUT2D eigenvalue weighted by molar-refractivity contribution is 6.41. The zero-order valence-corrected chi connectivity index (χ0v) is 22.1. The van der Waals surface area contributed by atoms with Crippen LogP contribution >= 0.6 is 23.2 Å². The maximum atomic E-state index is 11.9. The van der Waals surface area contributed by atoms with E-state index in [2.05, 4.69) is 21.8 Å². The Hall–Kier alpha value is -3.14. The Bertz CT molecular complexity index is 1340. The van der Waals surface area contributed by atoms with Crippen molar-refractivity contribution < 1.29 is 19.0 Å². The predicted octanol–water partition coefficient (Wildman–Crippen LogP) is 4.80. The van der Waals surface area contributed by atoms with Gasteiger partial charge in [0.15, 0.2) is 11.6 Å². The minimum absolute atomic E-state index is 0.00924. The molecule has 0 spiro atoms. The molecule has 37 heavy (non-hydrogen) atoms. The summed E-state index contributed by atoms with van der Waals surface area (Å²) in [5, 5.41) is 4.82. The molecule has 2 aromatic heterocycles. The molecule has 11 heteroatoms. The van der Waals surface area contributed by atoms with Gasteiger partial charge < -0.3 is 24.4 Å². The van der Waals surface area contributed by atoms with E-state index in [1.54, 1.807) is 12.3 Å². The molecular weight excluding hydrogens is 517 g/mol. The summed E-state index contributed by atoms with van der Waals surface area (Å²) in [6.45, 7) is 6.27. The molecule has 3 aromatic rings. The molecule has 2 atom stereocenters. The van der Waals surface area contributed by atoms with Gasteiger partial charge in [-0.25, -0.2) is 15.0 Å². The Morgan fingerprint density at radius 2 is 1.92 bits per heavy atom. The van der Waals surface area contributed by atoms with Crippen molar-refractivity contribution in [3.8, 4) is 22.8 Å². The number of nitrogens with one attached hydrogen (secondary N) is 1. The molecule has 4 heterocycles. The first-order valence-corrected chi connectivity index (χ1v) is 12.7. The Labute approximate surface area is 224 Å². The third-order valence-electron chi connectivity index (χ3n) is 6.74. The van der Waals surface area contributed by atoms with Crippen molar-refractivity contribution in [2.45, 2.75) is 18.9 Å². The average molecular weight is 544 g/mol. The number of carbonyl (C=O) groups is 1. The summed E-state index contributed by atoms with van der Waals surface area (Å²) in [7, 11) is 3.07. The number of anilines is 2. The van der Waals surface area contributed by atoms with Crippen LogP contribution in [0, 0.1) is 5.92 Å². The Morgan fingerprint density at radius 3 is 2.54 bits per heavy atom. The lowest BCUT2D eigenvalue weighted by molar-refractivity contribution is -0.115. The fourth-order valence-electron chi connectivity index (χ4n) is 4.55. The first kappa shape index (κ1) is 25.5. The van der Waals surface area contributed by atoms with Crippen molar-refractivity contribution in [2.24, 2.45) is 5.92 Å². The fourth-order valence-corrected chi connectivity index (χ4v) is 5.24. The highest BCUT2D eigenvalue weighted by Crippen LogP contribution is 2.46. The van der Waals surface area contributed by atoms with Gasteiger partial charge in [0, 0.05) is 48.6 Å². The molecule has 0 bridgehead atoms. The maximum absolute atomic E-state index is 11.9. The molecule has 5 rings (SSSR count). The molecule has 0 radical (unpaired) electrons. The molecule has 1 aromatic carbocycles. The van der Waals surface area contributed by atoms with Gasteiger partial charge in [-0.15, -0.1) is 0 Å². The van der Waals surface area contributed by atoms with Gasteiger partial charge in [-0.05, 0) is 18.6 Å². The van der Waals surface area contributed by atoms with Crippen molar-refractivity contribution in [1.82, 2.24) is 15.0 Å². The molecule has 0 aliphatic carbocycles. The van der Waals surface area contributed by atoms with Crippen LogP contribution in [-0.2, 0) is 9.53 Å². The molecule has 2 saturated heterocycles. The average Bonchev–Trinajstić information content (AvgIpc) is 3.29. The highest BCUT2D eigenvalue weighted by atomic mass is 35.5. The number of halogens is 2. The van der Waals surface area contributed by atoms with Crippen LogP contribution in [-0.4, -0.2) is 67.3 Å². The summed E-state index contributed by atoms with van der Waals surface area (Å²) < 4.78 is 16.5. The van der Waals surface area contributed by atoms with E-state index in [9.17, 15) is 4.79 Å². The molecule has 0 unspecified atom stereocenters. The van der Waals surface area contributed by atoms with Gasteiger partial charge in [0.1, 0.15) is 17.0 Å². The van der Waals surface area contributed by atoms with Gasteiger partial charge in [-0.2, -0.15) is 0 Å². The topological polar surface area (TPSA) is 98.7 Å². The van der Waals surface area contributed by atoms with Crippen molar-refractivity contribution in [2.75, 3.05) is 50.7 Å². The number of methoxy groups -OCH3 is 2. The molecule has 194 valence electrons. The number of benzene rings is 1. The number of hydrogen-bond donors (Lipinski definition) is 1. The molecule has 0 saturated carbocycles. The summed E-state index contributed by atoms with van der Waals surface area (Å²) in [6.07, 6.45) is 4.53. The zero-order valence-electron chi connectivity index (χ0n) is 20.6. The number of allylic oxidation sites excluding steroid dienone is 1. The molecule has 0 amide bonds. The maximum Gasteiger partial charge on any atom is 0.223 e. The van der Waals surface area contributed by atoms with Gasteiger partial charge >= 0.3 is 0 Å². The van der Waals surface area contributed by atoms with E-state index in [1.807, 2.05) is 6.07 Å². The third-order valence-corrected chi connectivity index (χ3v) is 7.49. The van der Waals surface area contributed by atoms with Crippen LogP contribution in [0.1, 0.15) is 12.8 Å². The van der Waals surface area contributed by atoms with Gasteiger partial charge in [0.2, 0.25) is 5.95 Å². The Balaban J connectivity index is 1.56. The lowest BCUT2D eigenvalue weighted by Crippen LogP contribution is -2.38. The standard InChI is InChI=1S/C26H27Cl2N5O4/c1-4-16(34)8-15-12-37-13-18(15)31-26-29-11-14-9-17(30-25(24(14)32-26)33-6-5-7-33)21-22(27)19(35-2)10-20(36-3)23(21)28/h4,9-11,15,18H,1,5-8,12-13H2,2-3H3,(H,29,31,32)/t15-,18+/m0/s1. The molecule has 2 aliphatic heterocycles. The predicted molar refractivity (Wildman–Crippen MR) is 144 cm³/mol. The van der Waals surface area contributed by atoms with E-state index in [4.69, 9.17) is 47.4 Å². The number of ether oxygens (including phenoxy) is 3. The molecular formula is C26H27Cl2N5O4. The van der Waals surface area contributed by atoms with Crippen molar-refractivity contribution >= 4 is 51.7 Å². The van der Waals surface area contributed by atoms with Gasteiger partial charge in [-0.3, -0.25) is 4.79 Å². The van der Waals surface area contributed by atoms with E-state index in [1.165, 1.54) is 20.3 Å². The molecule has 9 nitrogen and oxygen atoms in total. The smallest absolute Gasteiger partial charge is 0.223 e. The van der Waals surface area contributed by atoms with Crippen LogP contribution in [0.5, 0.6) is 11.5 Å². The second kappa shape index (κ2) is 10.7. The SMILES string of the molecule is C=CC(=O)C[C@H]1COC[C@H]1Nc1ncc2cc(-c3c(Cl)c(OC)cc(OC)c3Cl)nc(N3CCC3)c2n1. The van der Waals surface area contributed by atoms with Gasteiger partial charge in [0.25, 0.3) is 0 Å². The number of rotatable bonds is 9. The summed E-state index contributed by atoms with van der Waals surface area (Å²) in [6, 6.07) is 3.43. The zero-order chi connectivity index (χ0) is 26.1. The normalized spacial score (nSPS) is 19.0. The van der Waals surface area contributed by atoms with Crippen molar-refractivity contribution in [1.29, 1.82) is 0 Å². The second-order valence-corrected chi connectivity index (χ2v) is 9.77. The number of pyridine rings is 1. The van der Waals surface area contributed by atoms with E-state index in [0.717, 1.165) is 30.7 Å². The fraction of sp³-hybridized carbons (Fsp3) is 0.385. The van der Waals surface area contributed by atoms with Gasteiger partial charge in [0.05, 0.1) is 49.2 Å². The van der Waals surface area contributed by atoms with E-state index in [0.29, 0.717) is 63.9 Å². The number of ketones is 1. The van der Waals surface area contributed by atoms with Crippen molar-refractivity contribution in [3.05, 3.63) is 41.0 Å². The third kappa shape index (κ3) is 4.91. The van der Waals surface area contributed by atoms with Crippen LogP contribution in [0.3, 0.4) is 0 Å². The number of carbonyl (C=O) groups excluding carboxylic acids is 1. The van der Waals surface area contributed by atoms with Crippen LogP contribution in [0.2, 0.25) is 10.0 Å². The number of nitrogens with zero attached hydrogens (tertiary/aromatic N) is 4. The molecule has 1 N–H and O–H groups in total. The van der Waals surface area contributed by atoms with E-state index >= 15 is 0 Å². The molecule has 2 fully saturated rings. The Morgan fingerprint density at radius 1 is 1.19 bits per heavy atom. The monoisotopic (exact) mass is 543 g/mol. The lowest BCUT2D eigenvalue weighted by atomic mass is 9.97. The number of hydrogen-bond acceptors (Lipinski definition) is 9. The quantitative estimate of drug-likeness (QED) is 0.381. The second-order valence-electron chi connectivity index (χ2n) is 9.01. The minimum atomic E-state index is -0.0806. The van der Waals surface area contributed by atoms with Gasteiger partial charge in [-0.1, -0.05) is 29.8 Å². The van der Waals surface area contributed by atoms with Crippen LogP contribution in [0.15, 0.2) is 31.0 Å². The van der Waals surface area contributed by atoms with E-state index in [-0.39, 0.29) is 17.7 Å². The summed E-state index contributed by atoms with van der Waals surface area (Å²) in [5.41, 5.74) is 1.79. The minimum Gasteiger partial charge on any atom is -0.495 e. The summed E-state index contributed by atoms with van der Waals surface area (Å²) in [4.78, 5) is 28.4. The van der Waals surface area contributed by atoms with Crippen LogP contribution in [0.4, 0.5) is 11.8 Å².